The molecular weight excluding hydrogens is 390 g/mol. The van der Waals surface area contributed by atoms with Crippen LogP contribution in [0.3, 0.4) is 0 Å². The summed E-state index contributed by atoms with van der Waals surface area (Å²) < 4.78 is 5.28. The van der Waals surface area contributed by atoms with E-state index in [1.807, 2.05) is 24.3 Å². The second-order valence-electron chi connectivity index (χ2n) is 7.93. The van der Waals surface area contributed by atoms with Crippen molar-refractivity contribution in [3.05, 3.63) is 77.9 Å². The van der Waals surface area contributed by atoms with Crippen molar-refractivity contribution in [1.29, 1.82) is 0 Å². The molecule has 3 rings (SSSR count). The Morgan fingerprint density at radius 1 is 1.13 bits per heavy atom. The van der Waals surface area contributed by atoms with Crippen LogP contribution in [0.25, 0.3) is 0 Å². The lowest BCUT2D eigenvalue weighted by atomic mass is 9.85. The van der Waals surface area contributed by atoms with Crippen molar-refractivity contribution in [3.8, 4) is 5.75 Å². The predicted octanol–water partition coefficient (Wildman–Crippen LogP) is 3.31. The van der Waals surface area contributed by atoms with E-state index in [-0.39, 0.29) is 17.9 Å². The molecule has 2 aromatic carbocycles. The number of hydrogen-bond donors (Lipinski definition) is 2. The van der Waals surface area contributed by atoms with Crippen LogP contribution < -0.4 is 15.4 Å². The Kier molecular flexibility index (Phi) is 7.84. The van der Waals surface area contributed by atoms with Crippen molar-refractivity contribution in [2.45, 2.75) is 25.4 Å². The highest BCUT2D eigenvalue weighted by atomic mass is 16.5. The Morgan fingerprint density at radius 2 is 1.84 bits per heavy atom. The average Bonchev–Trinajstić information content (AvgIpc) is 2.81. The summed E-state index contributed by atoms with van der Waals surface area (Å²) in [6.45, 7) is 5.51. The zero-order chi connectivity index (χ0) is 22.2. The number of benzene rings is 2. The van der Waals surface area contributed by atoms with Gasteiger partial charge in [0.05, 0.1) is 7.11 Å². The molecule has 0 bridgehead atoms. The van der Waals surface area contributed by atoms with E-state index >= 15 is 0 Å². The van der Waals surface area contributed by atoms with Gasteiger partial charge in [-0.25, -0.2) is 0 Å². The van der Waals surface area contributed by atoms with Gasteiger partial charge in [-0.2, -0.15) is 0 Å². The van der Waals surface area contributed by atoms with Crippen molar-refractivity contribution >= 4 is 11.8 Å². The molecule has 2 aromatic rings. The zero-order valence-corrected chi connectivity index (χ0v) is 18.3. The minimum absolute atomic E-state index is 0.0802. The van der Waals surface area contributed by atoms with Crippen LogP contribution in [-0.4, -0.2) is 44.0 Å². The number of piperidine rings is 1. The molecule has 2 amide bonds. The normalized spacial score (nSPS) is 18.8. The van der Waals surface area contributed by atoms with E-state index in [1.165, 1.54) is 11.6 Å². The van der Waals surface area contributed by atoms with Gasteiger partial charge in [0.15, 0.2) is 0 Å². The molecule has 31 heavy (non-hydrogen) atoms. The standard InChI is InChI=1S/C25H31N3O3/c1-4-23(29)26-16-18-7-9-20(10-8-18)25(30)27-17-21-6-5-15-28(2)24(21)19-11-13-22(31-3)14-12-19/h4,7-14,21,24H,1,5-6,15-17H2,2-3H3,(H,26,29)(H,27,30). The first-order valence-corrected chi connectivity index (χ1v) is 10.6. The van der Waals surface area contributed by atoms with Crippen LogP contribution in [0.5, 0.6) is 5.75 Å². The van der Waals surface area contributed by atoms with Crippen LogP contribution in [0.2, 0.25) is 0 Å². The fraction of sp³-hybridized carbons (Fsp3) is 0.360. The maximum absolute atomic E-state index is 12.7. The topological polar surface area (TPSA) is 70.7 Å². The summed E-state index contributed by atoms with van der Waals surface area (Å²) in [6, 6.07) is 15.8. The highest BCUT2D eigenvalue weighted by molar-refractivity contribution is 5.94. The molecule has 6 nitrogen and oxygen atoms in total. The molecular formula is C25H31N3O3. The van der Waals surface area contributed by atoms with Gasteiger partial charge in [-0.15, -0.1) is 0 Å². The minimum Gasteiger partial charge on any atom is -0.497 e. The monoisotopic (exact) mass is 421 g/mol. The van der Waals surface area contributed by atoms with Gasteiger partial charge < -0.3 is 15.4 Å². The van der Waals surface area contributed by atoms with Crippen LogP contribution in [0.4, 0.5) is 0 Å². The summed E-state index contributed by atoms with van der Waals surface area (Å²) in [5.74, 6) is 0.887. The molecule has 1 aliphatic rings. The number of hydrogen-bond acceptors (Lipinski definition) is 4. The SMILES string of the molecule is C=CC(=O)NCc1ccc(C(=O)NCC2CCCN(C)C2c2ccc(OC)cc2)cc1. The summed E-state index contributed by atoms with van der Waals surface area (Å²) in [5, 5.41) is 5.84. The number of ether oxygens (including phenoxy) is 1. The first-order valence-electron chi connectivity index (χ1n) is 10.6. The third-order valence-corrected chi connectivity index (χ3v) is 5.86. The average molecular weight is 422 g/mol. The Bertz CT molecular complexity index is 893. The van der Waals surface area contributed by atoms with Crippen molar-refractivity contribution in [2.75, 3.05) is 27.2 Å². The van der Waals surface area contributed by atoms with Crippen LogP contribution in [0, 0.1) is 5.92 Å². The second-order valence-corrected chi connectivity index (χ2v) is 7.93. The van der Waals surface area contributed by atoms with E-state index in [0.29, 0.717) is 24.6 Å². The summed E-state index contributed by atoms with van der Waals surface area (Å²) in [7, 11) is 3.82. The molecule has 2 unspecified atom stereocenters. The molecule has 1 fully saturated rings. The molecule has 0 saturated carbocycles. The summed E-state index contributed by atoms with van der Waals surface area (Å²) in [4.78, 5) is 26.3. The number of likely N-dealkylation sites (tertiary alicyclic amines) is 1. The lowest BCUT2D eigenvalue weighted by Crippen LogP contribution is -2.41. The van der Waals surface area contributed by atoms with E-state index in [0.717, 1.165) is 30.7 Å². The van der Waals surface area contributed by atoms with Gasteiger partial charge in [-0.3, -0.25) is 14.5 Å². The van der Waals surface area contributed by atoms with E-state index in [4.69, 9.17) is 4.74 Å². The van der Waals surface area contributed by atoms with Gasteiger partial charge in [-0.1, -0.05) is 30.8 Å². The van der Waals surface area contributed by atoms with Gasteiger partial charge in [0, 0.05) is 24.7 Å². The van der Waals surface area contributed by atoms with E-state index < -0.39 is 0 Å². The third kappa shape index (κ3) is 5.95. The number of carbonyl (C=O) groups is 2. The Morgan fingerprint density at radius 3 is 2.48 bits per heavy atom. The molecule has 1 heterocycles. The highest BCUT2D eigenvalue weighted by Crippen LogP contribution is 2.35. The third-order valence-electron chi connectivity index (χ3n) is 5.86. The number of nitrogens with zero attached hydrogens (tertiary/aromatic N) is 1. The molecule has 1 saturated heterocycles. The number of carbonyl (C=O) groups excluding carboxylic acids is 2. The van der Waals surface area contributed by atoms with Gasteiger partial charge in [-0.05, 0) is 73.8 Å². The van der Waals surface area contributed by atoms with E-state index in [2.05, 4.69) is 41.3 Å². The Hall–Kier alpha value is -3.12. The largest absolute Gasteiger partial charge is 0.497 e. The first kappa shape index (κ1) is 22.6. The summed E-state index contributed by atoms with van der Waals surface area (Å²) >= 11 is 0. The van der Waals surface area contributed by atoms with Crippen LogP contribution in [0.15, 0.2) is 61.2 Å². The molecule has 0 aromatic heterocycles. The summed E-state index contributed by atoms with van der Waals surface area (Å²) in [5.41, 5.74) is 2.79. The maximum atomic E-state index is 12.7. The van der Waals surface area contributed by atoms with Crippen molar-refractivity contribution in [1.82, 2.24) is 15.5 Å². The first-order chi connectivity index (χ1) is 15.0. The fourth-order valence-electron chi connectivity index (χ4n) is 4.16. The number of methoxy groups -OCH3 is 1. The lowest BCUT2D eigenvalue weighted by molar-refractivity contribution is -0.116. The minimum atomic E-state index is -0.217. The Balaban J connectivity index is 1.60. The molecule has 0 aliphatic carbocycles. The summed E-state index contributed by atoms with van der Waals surface area (Å²) in [6.07, 6.45) is 3.43. The lowest BCUT2D eigenvalue weighted by Gasteiger charge is -2.39. The molecule has 0 radical (unpaired) electrons. The van der Waals surface area contributed by atoms with Crippen molar-refractivity contribution < 1.29 is 14.3 Å². The van der Waals surface area contributed by atoms with Crippen molar-refractivity contribution in [2.24, 2.45) is 5.92 Å². The molecule has 0 spiro atoms. The number of rotatable bonds is 8. The van der Waals surface area contributed by atoms with Crippen LogP contribution in [-0.2, 0) is 11.3 Å². The molecule has 1 aliphatic heterocycles. The van der Waals surface area contributed by atoms with E-state index in [1.54, 1.807) is 19.2 Å². The maximum Gasteiger partial charge on any atom is 0.251 e. The smallest absolute Gasteiger partial charge is 0.251 e. The van der Waals surface area contributed by atoms with Gasteiger partial charge >= 0.3 is 0 Å². The van der Waals surface area contributed by atoms with E-state index in [9.17, 15) is 9.59 Å². The number of nitrogens with one attached hydrogen (secondary N) is 2. The van der Waals surface area contributed by atoms with Crippen LogP contribution >= 0.6 is 0 Å². The molecule has 164 valence electrons. The zero-order valence-electron chi connectivity index (χ0n) is 18.3. The molecule has 6 heteroatoms. The predicted molar refractivity (Wildman–Crippen MR) is 122 cm³/mol. The van der Waals surface area contributed by atoms with Gasteiger partial charge in [0.25, 0.3) is 5.91 Å². The van der Waals surface area contributed by atoms with Crippen molar-refractivity contribution in [3.63, 3.8) is 0 Å². The fourth-order valence-corrected chi connectivity index (χ4v) is 4.16. The second kappa shape index (κ2) is 10.8. The van der Waals surface area contributed by atoms with Crippen LogP contribution in [0.1, 0.15) is 40.4 Å². The Labute approximate surface area is 184 Å². The highest BCUT2D eigenvalue weighted by Gasteiger charge is 2.30. The molecule has 2 N–H and O–H groups in total. The van der Waals surface area contributed by atoms with Gasteiger partial charge in [0.2, 0.25) is 5.91 Å². The van der Waals surface area contributed by atoms with Gasteiger partial charge in [0.1, 0.15) is 5.75 Å². The molecule has 2 atom stereocenters. The quantitative estimate of drug-likeness (QED) is 0.642. The number of amides is 2.